The summed E-state index contributed by atoms with van der Waals surface area (Å²) in [6.45, 7) is 3.57. The van der Waals surface area contributed by atoms with Crippen LogP contribution in [-0.4, -0.2) is 10.9 Å². The minimum absolute atomic E-state index is 0.102. The Kier molecular flexibility index (Phi) is 3.29. The van der Waals surface area contributed by atoms with E-state index in [9.17, 15) is 9.90 Å². The first-order valence-corrected chi connectivity index (χ1v) is 6.42. The molecule has 17 heavy (non-hydrogen) atoms. The second kappa shape index (κ2) is 4.72. The molecule has 1 aromatic heterocycles. The van der Waals surface area contributed by atoms with Gasteiger partial charge < -0.3 is 5.11 Å². The maximum Gasteiger partial charge on any atom is 0.164 e. The van der Waals surface area contributed by atoms with E-state index < -0.39 is 0 Å². The van der Waals surface area contributed by atoms with Crippen LogP contribution in [0.1, 0.15) is 29.8 Å². The van der Waals surface area contributed by atoms with Crippen LogP contribution < -0.4 is 0 Å². The fourth-order valence-corrected chi connectivity index (χ4v) is 2.71. The third-order valence-corrected chi connectivity index (χ3v) is 3.79. The lowest BCUT2D eigenvalue weighted by molar-refractivity contribution is 0.101. The van der Waals surface area contributed by atoms with Crippen LogP contribution in [0.5, 0.6) is 5.75 Å². The molecule has 0 amide bonds. The molecule has 0 atom stereocenters. The summed E-state index contributed by atoms with van der Waals surface area (Å²) < 4.78 is 0. The highest BCUT2D eigenvalue weighted by molar-refractivity contribution is 7.14. The maximum atomic E-state index is 11.3. The number of thiophene rings is 1. The van der Waals surface area contributed by atoms with E-state index in [1.807, 2.05) is 24.3 Å². The fourth-order valence-electron chi connectivity index (χ4n) is 1.70. The lowest BCUT2D eigenvalue weighted by Crippen LogP contribution is -1.88. The molecule has 1 heterocycles. The Morgan fingerprint density at radius 3 is 2.41 bits per heavy atom. The number of aryl methyl sites for hydroxylation is 1. The molecule has 0 aliphatic rings. The van der Waals surface area contributed by atoms with Gasteiger partial charge in [0.2, 0.25) is 0 Å². The van der Waals surface area contributed by atoms with Gasteiger partial charge in [-0.05, 0) is 24.5 Å². The summed E-state index contributed by atoms with van der Waals surface area (Å²) in [4.78, 5) is 12.0. The van der Waals surface area contributed by atoms with E-state index in [4.69, 9.17) is 0 Å². The zero-order valence-electron chi connectivity index (χ0n) is 9.86. The standard InChI is InChI=1S/C14H14O2S/c1-3-10-4-6-11(7-5-10)14-13(16)12(8-17-14)9(2)15/h4-8,16H,3H2,1-2H3. The summed E-state index contributed by atoms with van der Waals surface area (Å²) in [5.74, 6) is 0.00178. The summed E-state index contributed by atoms with van der Waals surface area (Å²) in [6.07, 6.45) is 0.995. The molecule has 0 aliphatic carbocycles. The van der Waals surface area contributed by atoms with Crippen molar-refractivity contribution in [2.45, 2.75) is 20.3 Å². The minimum Gasteiger partial charge on any atom is -0.506 e. The van der Waals surface area contributed by atoms with E-state index in [0.29, 0.717) is 5.56 Å². The summed E-state index contributed by atoms with van der Waals surface area (Å²) in [7, 11) is 0. The molecule has 0 saturated heterocycles. The molecular weight excluding hydrogens is 232 g/mol. The normalized spacial score (nSPS) is 10.5. The molecule has 0 spiro atoms. The quantitative estimate of drug-likeness (QED) is 0.834. The van der Waals surface area contributed by atoms with E-state index in [2.05, 4.69) is 6.92 Å². The first-order chi connectivity index (χ1) is 8.13. The fraction of sp³-hybridized carbons (Fsp3) is 0.214. The molecule has 0 radical (unpaired) electrons. The van der Waals surface area contributed by atoms with Gasteiger partial charge in [0.25, 0.3) is 0 Å². The Labute approximate surface area is 105 Å². The van der Waals surface area contributed by atoms with Gasteiger partial charge in [0.15, 0.2) is 5.78 Å². The van der Waals surface area contributed by atoms with E-state index in [1.54, 1.807) is 5.38 Å². The van der Waals surface area contributed by atoms with Crippen molar-refractivity contribution in [3.8, 4) is 16.2 Å². The second-order valence-corrected chi connectivity index (χ2v) is 4.81. The predicted molar refractivity (Wildman–Crippen MR) is 70.8 cm³/mol. The number of Topliss-reactive ketones (excluding diaryl/α,β-unsaturated/α-hetero) is 1. The molecule has 0 fully saturated rings. The molecule has 0 saturated carbocycles. The second-order valence-electron chi connectivity index (χ2n) is 3.93. The van der Waals surface area contributed by atoms with E-state index in [-0.39, 0.29) is 11.5 Å². The smallest absolute Gasteiger partial charge is 0.164 e. The molecule has 2 nitrogen and oxygen atoms in total. The zero-order valence-corrected chi connectivity index (χ0v) is 10.7. The van der Waals surface area contributed by atoms with Gasteiger partial charge in [-0.3, -0.25) is 4.79 Å². The van der Waals surface area contributed by atoms with Crippen molar-refractivity contribution in [1.29, 1.82) is 0 Å². The lowest BCUT2D eigenvalue weighted by atomic mass is 10.1. The Hall–Kier alpha value is -1.61. The van der Waals surface area contributed by atoms with Crippen LogP contribution in [0.3, 0.4) is 0 Å². The SMILES string of the molecule is CCc1ccc(-c2scc(C(C)=O)c2O)cc1. The lowest BCUT2D eigenvalue weighted by Gasteiger charge is -2.01. The molecule has 2 rings (SSSR count). The Bertz CT molecular complexity index is 538. The topological polar surface area (TPSA) is 37.3 Å². The van der Waals surface area contributed by atoms with Gasteiger partial charge in [0.05, 0.1) is 10.4 Å². The van der Waals surface area contributed by atoms with Crippen LogP contribution in [0.2, 0.25) is 0 Å². The van der Waals surface area contributed by atoms with Crippen LogP contribution in [0.25, 0.3) is 10.4 Å². The number of carbonyl (C=O) groups is 1. The number of benzene rings is 1. The Morgan fingerprint density at radius 2 is 1.94 bits per heavy atom. The largest absolute Gasteiger partial charge is 0.506 e. The first kappa shape index (κ1) is 11.9. The number of hydrogen-bond acceptors (Lipinski definition) is 3. The summed E-state index contributed by atoms with van der Waals surface area (Å²) in [5.41, 5.74) is 2.62. The van der Waals surface area contributed by atoms with Crippen molar-refractivity contribution in [2.75, 3.05) is 0 Å². The van der Waals surface area contributed by atoms with Crippen LogP contribution in [0.15, 0.2) is 29.6 Å². The molecule has 0 bridgehead atoms. The van der Waals surface area contributed by atoms with Gasteiger partial charge in [-0.15, -0.1) is 11.3 Å². The van der Waals surface area contributed by atoms with Crippen molar-refractivity contribution < 1.29 is 9.90 Å². The van der Waals surface area contributed by atoms with Gasteiger partial charge >= 0.3 is 0 Å². The van der Waals surface area contributed by atoms with Crippen LogP contribution >= 0.6 is 11.3 Å². The zero-order chi connectivity index (χ0) is 12.4. The van der Waals surface area contributed by atoms with Crippen LogP contribution in [-0.2, 0) is 6.42 Å². The summed E-state index contributed by atoms with van der Waals surface area (Å²) in [6, 6.07) is 8.05. The van der Waals surface area contributed by atoms with Crippen molar-refractivity contribution in [3.63, 3.8) is 0 Å². The molecule has 1 N–H and O–H groups in total. The number of hydrogen-bond donors (Lipinski definition) is 1. The van der Waals surface area contributed by atoms with Crippen LogP contribution in [0.4, 0.5) is 0 Å². The highest BCUT2D eigenvalue weighted by atomic mass is 32.1. The van der Waals surface area contributed by atoms with Gasteiger partial charge in [0.1, 0.15) is 5.75 Å². The molecule has 88 valence electrons. The van der Waals surface area contributed by atoms with Crippen LogP contribution in [0, 0.1) is 0 Å². The molecule has 1 aromatic carbocycles. The monoisotopic (exact) mass is 246 g/mol. The van der Waals surface area contributed by atoms with Gasteiger partial charge in [0, 0.05) is 5.38 Å². The van der Waals surface area contributed by atoms with Gasteiger partial charge in [-0.1, -0.05) is 31.2 Å². The highest BCUT2D eigenvalue weighted by Crippen LogP contribution is 2.38. The molecular formula is C14H14O2S. The Balaban J connectivity index is 2.42. The van der Waals surface area contributed by atoms with Crippen molar-refractivity contribution in [2.24, 2.45) is 0 Å². The summed E-state index contributed by atoms with van der Waals surface area (Å²) in [5, 5.41) is 11.7. The van der Waals surface area contributed by atoms with E-state index in [0.717, 1.165) is 16.9 Å². The van der Waals surface area contributed by atoms with Crippen molar-refractivity contribution >= 4 is 17.1 Å². The third-order valence-electron chi connectivity index (χ3n) is 2.77. The minimum atomic E-state index is -0.102. The van der Waals surface area contributed by atoms with Crippen molar-refractivity contribution in [1.82, 2.24) is 0 Å². The van der Waals surface area contributed by atoms with E-state index >= 15 is 0 Å². The third kappa shape index (κ3) is 2.24. The molecule has 3 heteroatoms. The van der Waals surface area contributed by atoms with Gasteiger partial charge in [-0.2, -0.15) is 0 Å². The van der Waals surface area contributed by atoms with Gasteiger partial charge in [-0.25, -0.2) is 0 Å². The Morgan fingerprint density at radius 1 is 1.29 bits per heavy atom. The summed E-state index contributed by atoms with van der Waals surface area (Å²) >= 11 is 1.40. The number of ketones is 1. The van der Waals surface area contributed by atoms with E-state index in [1.165, 1.54) is 23.8 Å². The number of rotatable bonds is 3. The number of carbonyl (C=O) groups excluding carboxylic acids is 1. The average molecular weight is 246 g/mol. The first-order valence-electron chi connectivity index (χ1n) is 5.54. The molecule has 0 aliphatic heterocycles. The molecule has 2 aromatic rings. The number of aromatic hydroxyl groups is 1. The predicted octanol–water partition coefficient (Wildman–Crippen LogP) is 3.89. The van der Waals surface area contributed by atoms with Crippen molar-refractivity contribution in [3.05, 3.63) is 40.8 Å². The maximum absolute atomic E-state index is 11.3. The highest BCUT2D eigenvalue weighted by Gasteiger charge is 2.14. The molecule has 0 unspecified atom stereocenters. The average Bonchev–Trinajstić information content (AvgIpc) is 2.71.